The van der Waals surface area contributed by atoms with Crippen molar-refractivity contribution in [3.8, 4) is 11.5 Å². The van der Waals surface area contributed by atoms with Gasteiger partial charge in [-0.3, -0.25) is 9.69 Å². The number of carbonyl (C=O) groups is 1. The number of nitrogens with one attached hydrogen (secondary N) is 1. The first-order chi connectivity index (χ1) is 10.2. The van der Waals surface area contributed by atoms with Crippen molar-refractivity contribution in [3.63, 3.8) is 0 Å². The van der Waals surface area contributed by atoms with Gasteiger partial charge in [-0.25, -0.2) is 0 Å². The summed E-state index contributed by atoms with van der Waals surface area (Å²) in [7, 11) is 0. The molecule has 1 unspecified atom stereocenters. The fourth-order valence-electron chi connectivity index (χ4n) is 2.95. The Labute approximate surface area is 129 Å². The predicted octanol–water partition coefficient (Wildman–Crippen LogP) is 2.28. The second-order valence-electron chi connectivity index (χ2n) is 5.33. The van der Waals surface area contributed by atoms with Gasteiger partial charge in [-0.1, -0.05) is 18.5 Å². The zero-order chi connectivity index (χ0) is 14.8. The number of halogens is 1. The van der Waals surface area contributed by atoms with Gasteiger partial charge in [0, 0.05) is 18.2 Å². The molecule has 0 aliphatic carbocycles. The highest BCUT2D eigenvalue weighted by Gasteiger charge is 2.24. The van der Waals surface area contributed by atoms with E-state index in [1.807, 2.05) is 0 Å². The summed E-state index contributed by atoms with van der Waals surface area (Å²) in [5.41, 5.74) is 0.505. The Hall–Kier alpha value is -1.46. The summed E-state index contributed by atoms with van der Waals surface area (Å²) in [6, 6.07) is 3.73. The molecular weight excluding hydrogens is 292 g/mol. The Balaban J connectivity index is 1.65. The third-order valence-electron chi connectivity index (χ3n) is 4.09. The number of ether oxygens (including phenoxy) is 2. The minimum atomic E-state index is -0.127. The van der Waals surface area contributed by atoms with Crippen LogP contribution >= 0.6 is 11.6 Å². The van der Waals surface area contributed by atoms with E-state index in [9.17, 15) is 4.79 Å². The molecule has 2 heterocycles. The van der Waals surface area contributed by atoms with Gasteiger partial charge in [-0.2, -0.15) is 0 Å². The van der Waals surface area contributed by atoms with Crippen molar-refractivity contribution in [2.24, 2.45) is 0 Å². The molecule has 0 saturated carbocycles. The van der Waals surface area contributed by atoms with Crippen molar-refractivity contribution < 1.29 is 14.3 Å². The lowest BCUT2D eigenvalue weighted by molar-refractivity contribution is 0.0941. The number of likely N-dealkylation sites (N-methyl/N-ethyl adjacent to an activating group) is 1. The van der Waals surface area contributed by atoms with E-state index in [0.29, 0.717) is 34.7 Å². The van der Waals surface area contributed by atoms with Crippen LogP contribution in [0.25, 0.3) is 0 Å². The molecule has 1 saturated heterocycles. The lowest BCUT2D eigenvalue weighted by Crippen LogP contribution is -2.40. The maximum Gasteiger partial charge on any atom is 0.251 e. The zero-order valence-corrected chi connectivity index (χ0v) is 12.8. The smallest absolute Gasteiger partial charge is 0.251 e. The van der Waals surface area contributed by atoms with Crippen LogP contribution in [0.1, 0.15) is 30.1 Å². The molecule has 1 N–H and O–H groups in total. The number of hydrogen-bond donors (Lipinski definition) is 1. The summed E-state index contributed by atoms with van der Waals surface area (Å²) < 4.78 is 10.5. The third kappa shape index (κ3) is 2.94. The normalized spacial score (nSPS) is 20.8. The highest BCUT2D eigenvalue weighted by molar-refractivity contribution is 6.32. The number of rotatable bonds is 4. The Bertz CT molecular complexity index is 550. The summed E-state index contributed by atoms with van der Waals surface area (Å²) in [5.74, 6) is 0.919. The van der Waals surface area contributed by atoms with Crippen LogP contribution in [0.3, 0.4) is 0 Å². The van der Waals surface area contributed by atoms with Gasteiger partial charge in [0.25, 0.3) is 5.91 Å². The maximum absolute atomic E-state index is 12.3. The first-order valence-corrected chi connectivity index (χ1v) is 7.68. The average Bonchev–Trinajstić information content (AvgIpc) is 3.12. The zero-order valence-electron chi connectivity index (χ0n) is 12.0. The van der Waals surface area contributed by atoms with Crippen LogP contribution in [0.15, 0.2) is 12.1 Å². The molecule has 1 atom stereocenters. The van der Waals surface area contributed by atoms with Crippen molar-refractivity contribution in [1.82, 2.24) is 10.2 Å². The van der Waals surface area contributed by atoms with E-state index < -0.39 is 0 Å². The monoisotopic (exact) mass is 310 g/mol. The second kappa shape index (κ2) is 6.12. The van der Waals surface area contributed by atoms with Gasteiger partial charge in [0.1, 0.15) is 0 Å². The van der Waals surface area contributed by atoms with Gasteiger partial charge < -0.3 is 14.8 Å². The molecule has 2 aliphatic rings. The maximum atomic E-state index is 12.3. The molecule has 21 heavy (non-hydrogen) atoms. The SMILES string of the molecule is CCN1CCCC1CNC(=O)c1cc(Cl)c2c(c1)OCO2. The highest BCUT2D eigenvalue weighted by Crippen LogP contribution is 2.39. The first-order valence-electron chi connectivity index (χ1n) is 7.30. The van der Waals surface area contributed by atoms with Crippen molar-refractivity contribution in [3.05, 3.63) is 22.7 Å². The van der Waals surface area contributed by atoms with Crippen molar-refractivity contribution in [1.29, 1.82) is 0 Å². The standard InChI is InChI=1S/C15H19ClN2O3/c1-2-18-5-3-4-11(18)8-17-15(19)10-6-12(16)14-13(7-10)20-9-21-14/h6-7,11H,2-5,8-9H2,1H3,(H,17,19). The van der Waals surface area contributed by atoms with Crippen LogP contribution in [0, 0.1) is 0 Å². The number of nitrogens with zero attached hydrogens (tertiary/aromatic N) is 1. The lowest BCUT2D eigenvalue weighted by Gasteiger charge is -2.22. The number of hydrogen-bond acceptors (Lipinski definition) is 4. The molecule has 0 bridgehead atoms. The van der Waals surface area contributed by atoms with E-state index in [2.05, 4.69) is 17.1 Å². The number of fused-ring (bicyclic) bond motifs is 1. The molecule has 1 amide bonds. The minimum Gasteiger partial charge on any atom is -0.454 e. The molecule has 1 aromatic rings. The lowest BCUT2D eigenvalue weighted by atomic mass is 10.1. The molecule has 0 radical (unpaired) electrons. The molecule has 114 valence electrons. The van der Waals surface area contributed by atoms with Crippen molar-refractivity contribution in [2.45, 2.75) is 25.8 Å². The minimum absolute atomic E-state index is 0.127. The second-order valence-corrected chi connectivity index (χ2v) is 5.73. The molecule has 0 spiro atoms. The van der Waals surface area contributed by atoms with E-state index >= 15 is 0 Å². The number of carbonyl (C=O) groups excluding carboxylic acids is 1. The Morgan fingerprint density at radius 2 is 2.33 bits per heavy atom. The van der Waals surface area contributed by atoms with E-state index in [0.717, 1.165) is 19.5 Å². The molecule has 6 heteroatoms. The van der Waals surface area contributed by atoms with E-state index in [1.54, 1.807) is 12.1 Å². The fourth-order valence-corrected chi connectivity index (χ4v) is 3.22. The van der Waals surface area contributed by atoms with Crippen LogP contribution in [0.2, 0.25) is 5.02 Å². The molecule has 3 rings (SSSR count). The molecule has 2 aliphatic heterocycles. The highest BCUT2D eigenvalue weighted by atomic mass is 35.5. The van der Waals surface area contributed by atoms with Gasteiger partial charge in [0.05, 0.1) is 5.02 Å². The van der Waals surface area contributed by atoms with Crippen LogP contribution in [0.5, 0.6) is 11.5 Å². The van der Waals surface area contributed by atoms with Crippen molar-refractivity contribution >= 4 is 17.5 Å². The topological polar surface area (TPSA) is 50.8 Å². The van der Waals surface area contributed by atoms with Crippen LogP contribution < -0.4 is 14.8 Å². The summed E-state index contributed by atoms with van der Waals surface area (Å²) in [6.45, 7) is 5.10. The summed E-state index contributed by atoms with van der Waals surface area (Å²) in [6.07, 6.45) is 2.33. The van der Waals surface area contributed by atoms with Crippen molar-refractivity contribution in [2.75, 3.05) is 26.4 Å². The third-order valence-corrected chi connectivity index (χ3v) is 4.37. The Morgan fingerprint density at radius 3 is 3.14 bits per heavy atom. The van der Waals surface area contributed by atoms with E-state index in [1.165, 1.54) is 6.42 Å². The van der Waals surface area contributed by atoms with Gasteiger partial charge in [0.2, 0.25) is 6.79 Å². The first kappa shape index (κ1) is 14.5. The van der Waals surface area contributed by atoms with Gasteiger partial charge in [-0.05, 0) is 38.1 Å². The summed E-state index contributed by atoms with van der Waals surface area (Å²) >= 11 is 6.10. The largest absolute Gasteiger partial charge is 0.454 e. The van der Waals surface area contributed by atoms with Crippen LogP contribution in [-0.4, -0.2) is 43.3 Å². The van der Waals surface area contributed by atoms with E-state index in [4.69, 9.17) is 21.1 Å². The number of likely N-dealkylation sites (tertiary alicyclic amines) is 1. The molecule has 1 aromatic carbocycles. The van der Waals surface area contributed by atoms with Crippen LogP contribution in [0.4, 0.5) is 0 Å². The van der Waals surface area contributed by atoms with Gasteiger partial charge in [-0.15, -0.1) is 0 Å². The molecule has 5 nitrogen and oxygen atoms in total. The van der Waals surface area contributed by atoms with Gasteiger partial charge >= 0.3 is 0 Å². The quantitative estimate of drug-likeness (QED) is 0.927. The summed E-state index contributed by atoms with van der Waals surface area (Å²) in [5, 5.41) is 3.40. The Kier molecular flexibility index (Phi) is 4.22. The average molecular weight is 311 g/mol. The van der Waals surface area contributed by atoms with Crippen LogP contribution in [-0.2, 0) is 0 Å². The molecular formula is C15H19ClN2O3. The Morgan fingerprint density at radius 1 is 1.48 bits per heavy atom. The number of amides is 1. The molecule has 1 fully saturated rings. The molecule has 0 aromatic heterocycles. The van der Waals surface area contributed by atoms with Gasteiger partial charge in [0.15, 0.2) is 11.5 Å². The fraction of sp³-hybridized carbons (Fsp3) is 0.533. The predicted molar refractivity (Wildman–Crippen MR) is 80.2 cm³/mol. The summed E-state index contributed by atoms with van der Waals surface area (Å²) in [4.78, 5) is 14.7. The van der Waals surface area contributed by atoms with E-state index in [-0.39, 0.29) is 12.7 Å². The number of benzene rings is 1.